The molecule has 2 aromatic carbocycles. The van der Waals surface area contributed by atoms with Gasteiger partial charge in [-0.1, -0.05) is 30.3 Å². The summed E-state index contributed by atoms with van der Waals surface area (Å²) in [5.41, 5.74) is 0.700. The van der Waals surface area contributed by atoms with E-state index in [0.29, 0.717) is 12.1 Å². The molecule has 0 aliphatic heterocycles. The van der Waals surface area contributed by atoms with Gasteiger partial charge in [0.2, 0.25) is 5.91 Å². The Morgan fingerprint density at radius 2 is 1.90 bits per heavy atom. The zero-order valence-corrected chi connectivity index (χ0v) is 12.5. The van der Waals surface area contributed by atoms with Crippen LogP contribution in [0.25, 0.3) is 0 Å². The first kappa shape index (κ1) is 15.6. The third-order valence-corrected chi connectivity index (χ3v) is 4.01. The van der Waals surface area contributed by atoms with Crippen LogP contribution < -0.4 is 5.32 Å². The summed E-state index contributed by atoms with van der Waals surface area (Å²) >= 11 is 1.78. The van der Waals surface area contributed by atoms with Crippen molar-refractivity contribution in [3.05, 3.63) is 66.0 Å². The van der Waals surface area contributed by atoms with Crippen molar-refractivity contribution in [1.29, 1.82) is 0 Å². The van der Waals surface area contributed by atoms with E-state index < -0.39 is 0 Å². The summed E-state index contributed by atoms with van der Waals surface area (Å²) in [6.07, 6.45) is 1.14. The summed E-state index contributed by atoms with van der Waals surface area (Å²) in [5, 5.41) is 2.86. The van der Waals surface area contributed by atoms with Gasteiger partial charge in [0.15, 0.2) is 0 Å². The fourth-order valence-corrected chi connectivity index (χ4v) is 2.78. The standard InChI is InChI=1S/C17H18FNOS/c18-15-7-4-6-14(12-15)13-17(20)19-10-5-11-21-16-8-2-1-3-9-16/h1-4,6-9,12H,5,10-11,13H2,(H,19,20). The third-order valence-electron chi connectivity index (χ3n) is 2.91. The Balaban J connectivity index is 1.61. The summed E-state index contributed by atoms with van der Waals surface area (Å²) in [7, 11) is 0. The second-order valence-electron chi connectivity index (χ2n) is 4.67. The molecule has 0 aliphatic rings. The minimum atomic E-state index is -0.306. The summed E-state index contributed by atoms with van der Waals surface area (Å²) in [4.78, 5) is 13.0. The molecule has 0 bridgehead atoms. The van der Waals surface area contributed by atoms with Gasteiger partial charge in [-0.05, 0) is 42.0 Å². The van der Waals surface area contributed by atoms with Crippen LogP contribution >= 0.6 is 11.8 Å². The molecule has 21 heavy (non-hydrogen) atoms. The molecule has 0 radical (unpaired) electrons. The molecule has 0 saturated heterocycles. The van der Waals surface area contributed by atoms with Crippen molar-refractivity contribution in [2.75, 3.05) is 12.3 Å². The Labute approximate surface area is 128 Å². The second-order valence-corrected chi connectivity index (χ2v) is 5.84. The molecule has 4 heteroatoms. The summed E-state index contributed by atoms with van der Waals surface area (Å²) in [6.45, 7) is 0.647. The number of amides is 1. The van der Waals surface area contributed by atoms with E-state index in [9.17, 15) is 9.18 Å². The van der Waals surface area contributed by atoms with Gasteiger partial charge in [-0.25, -0.2) is 4.39 Å². The maximum absolute atomic E-state index is 13.0. The highest BCUT2D eigenvalue weighted by molar-refractivity contribution is 7.99. The lowest BCUT2D eigenvalue weighted by atomic mass is 10.1. The molecule has 110 valence electrons. The molecule has 0 unspecified atom stereocenters. The molecule has 0 fully saturated rings. The second kappa shape index (κ2) is 8.47. The number of benzene rings is 2. The number of hydrogen-bond donors (Lipinski definition) is 1. The first-order chi connectivity index (χ1) is 10.2. The molecule has 1 N–H and O–H groups in total. The molecule has 1 amide bonds. The molecule has 2 aromatic rings. The Kier molecular flexibility index (Phi) is 6.28. The van der Waals surface area contributed by atoms with Crippen molar-refractivity contribution in [1.82, 2.24) is 5.32 Å². The molecule has 0 aliphatic carbocycles. The van der Waals surface area contributed by atoms with Crippen LogP contribution in [0.15, 0.2) is 59.5 Å². The maximum Gasteiger partial charge on any atom is 0.224 e. The summed E-state index contributed by atoms with van der Waals surface area (Å²) in [5.74, 6) is 0.592. The van der Waals surface area contributed by atoms with E-state index in [4.69, 9.17) is 0 Å². The van der Waals surface area contributed by atoms with Gasteiger partial charge in [-0.3, -0.25) is 4.79 Å². The monoisotopic (exact) mass is 303 g/mol. The zero-order valence-electron chi connectivity index (χ0n) is 11.7. The van der Waals surface area contributed by atoms with Crippen LogP contribution in [-0.2, 0) is 11.2 Å². The van der Waals surface area contributed by atoms with Crippen LogP contribution in [0.1, 0.15) is 12.0 Å². The van der Waals surface area contributed by atoms with Crippen LogP contribution in [0, 0.1) is 5.82 Å². The van der Waals surface area contributed by atoms with Gasteiger partial charge in [0.1, 0.15) is 5.82 Å². The normalized spacial score (nSPS) is 10.3. The van der Waals surface area contributed by atoms with E-state index >= 15 is 0 Å². The number of carbonyl (C=O) groups excluding carboxylic acids is 1. The average molecular weight is 303 g/mol. The molecule has 0 atom stereocenters. The van der Waals surface area contributed by atoms with Crippen LogP contribution in [0.5, 0.6) is 0 Å². The number of hydrogen-bond acceptors (Lipinski definition) is 2. The van der Waals surface area contributed by atoms with Crippen molar-refractivity contribution in [2.45, 2.75) is 17.7 Å². The lowest BCUT2D eigenvalue weighted by Gasteiger charge is -2.05. The zero-order chi connectivity index (χ0) is 14.9. The number of rotatable bonds is 7. The van der Waals surface area contributed by atoms with Crippen molar-refractivity contribution in [3.63, 3.8) is 0 Å². The van der Waals surface area contributed by atoms with Gasteiger partial charge in [0.25, 0.3) is 0 Å². The molecule has 0 saturated carbocycles. The fourth-order valence-electron chi connectivity index (χ4n) is 1.90. The van der Waals surface area contributed by atoms with E-state index in [1.165, 1.54) is 17.0 Å². The molecule has 2 nitrogen and oxygen atoms in total. The number of thioether (sulfide) groups is 1. The van der Waals surface area contributed by atoms with Gasteiger partial charge < -0.3 is 5.32 Å². The van der Waals surface area contributed by atoms with E-state index in [1.807, 2.05) is 18.2 Å². The largest absolute Gasteiger partial charge is 0.356 e. The van der Waals surface area contributed by atoms with Gasteiger partial charge >= 0.3 is 0 Å². The van der Waals surface area contributed by atoms with Crippen molar-refractivity contribution in [2.24, 2.45) is 0 Å². The predicted molar refractivity (Wildman–Crippen MR) is 84.9 cm³/mol. The lowest BCUT2D eigenvalue weighted by molar-refractivity contribution is -0.120. The Hall–Kier alpha value is -1.81. The maximum atomic E-state index is 13.0. The summed E-state index contributed by atoms with van der Waals surface area (Å²) < 4.78 is 13.0. The number of halogens is 1. The van der Waals surface area contributed by atoms with Gasteiger partial charge in [-0.15, -0.1) is 11.8 Å². The molecule has 0 spiro atoms. The number of nitrogens with one attached hydrogen (secondary N) is 1. The topological polar surface area (TPSA) is 29.1 Å². The van der Waals surface area contributed by atoms with Gasteiger partial charge in [-0.2, -0.15) is 0 Å². The quantitative estimate of drug-likeness (QED) is 0.624. The van der Waals surface area contributed by atoms with Gasteiger partial charge in [0, 0.05) is 11.4 Å². The molecule has 0 heterocycles. The Morgan fingerprint density at radius 1 is 1.10 bits per heavy atom. The van der Waals surface area contributed by atoms with Crippen LogP contribution in [0.3, 0.4) is 0 Å². The van der Waals surface area contributed by atoms with Crippen LogP contribution in [0.2, 0.25) is 0 Å². The fraction of sp³-hybridized carbons (Fsp3) is 0.235. The average Bonchev–Trinajstić information content (AvgIpc) is 2.48. The highest BCUT2D eigenvalue weighted by Gasteiger charge is 2.03. The first-order valence-corrected chi connectivity index (χ1v) is 7.91. The number of carbonyl (C=O) groups is 1. The van der Waals surface area contributed by atoms with Crippen LogP contribution in [0.4, 0.5) is 4.39 Å². The molecule has 0 aromatic heterocycles. The minimum Gasteiger partial charge on any atom is -0.356 e. The molecular weight excluding hydrogens is 285 g/mol. The van der Waals surface area contributed by atoms with Crippen LogP contribution in [-0.4, -0.2) is 18.2 Å². The Morgan fingerprint density at radius 3 is 2.67 bits per heavy atom. The lowest BCUT2D eigenvalue weighted by Crippen LogP contribution is -2.26. The van der Waals surface area contributed by atoms with E-state index in [0.717, 1.165) is 12.2 Å². The SMILES string of the molecule is O=C(Cc1cccc(F)c1)NCCCSc1ccccc1. The van der Waals surface area contributed by atoms with E-state index in [-0.39, 0.29) is 18.1 Å². The van der Waals surface area contributed by atoms with E-state index in [2.05, 4.69) is 17.4 Å². The first-order valence-electron chi connectivity index (χ1n) is 6.93. The predicted octanol–water partition coefficient (Wildman–Crippen LogP) is 3.67. The van der Waals surface area contributed by atoms with E-state index in [1.54, 1.807) is 23.9 Å². The minimum absolute atomic E-state index is 0.0645. The summed E-state index contributed by atoms with van der Waals surface area (Å²) in [6, 6.07) is 16.3. The van der Waals surface area contributed by atoms with Crippen molar-refractivity contribution >= 4 is 17.7 Å². The highest BCUT2D eigenvalue weighted by atomic mass is 32.2. The highest BCUT2D eigenvalue weighted by Crippen LogP contribution is 2.17. The molecular formula is C17H18FNOS. The molecule has 2 rings (SSSR count). The van der Waals surface area contributed by atoms with Crippen molar-refractivity contribution in [3.8, 4) is 0 Å². The smallest absolute Gasteiger partial charge is 0.224 e. The van der Waals surface area contributed by atoms with Gasteiger partial charge in [0.05, 0.1) is 6.42 Å². The van der Waals surface area contributed by atoms with Crippen molar-refractivity contribution < 1.29 is 9.18 Å². The third kappa shape index (κ3) is 6.00. The Bertz CT molecular complexity index is 574.